The van der Waals surface area contributed by atoms with Gasteiger partial charge in [0.1, 0.15) is 11.6 Å². The van der Waals surface area contributed by atoms with E-state index in [1.54, 1.807) is 18.2 Å². The number of rotatable bonds is 5. The van der Waals surface area contributed by atoms with E-state index >= 15 is 0 Å². The topological polar surface area (TPSA) is 84.2 Å². The molecule has 2 amide bonds. The number of carbonyl (C=O) groups excluding carboxylic acids is 2. The Kier molecular flexibility index (Phi) is 4.84. The quantitative estimate of drug-likeness (QED) is 0.748. The monoisotopic (exact) mass is 339 g/mol. The molecule has 0 aliphatic heterocycles. The summed E-state index contributed by atoms with van der Waals surface area (Å²) in [6.45, 7) is 0.220. The van der Waals surface area contributed by atoms with Gasteiger partial charge in [-0.25, -0.2) is 4.39 Å². The van der Waals surface area contributed by atoms with Gasteiger partial charge in [0.25, 0.3) is 11.8 Å². The minimum Gasteiger partial charge on any atom is -0.467 e. The van der Waals surface area contributed by atoms with Gasteiger partial charge in [0.05, 0.1) is 29.6 Å². The van der Waals surface area contributed by atoms with Gasteiger partial charge in [0.15, 0.2) is 0 Å². The van der Waals surface area contributed by atoms with Crippen molar-refractivity contribution >= 4 is 17.5 Å². The number of halogens is 1. The van der Waals surface area contributed by atoms with Crippen LogP contribution >= 0.6 is 0 Å². The number of amides is 2. The standard InChI is InChI=1S/C18H14FN3O3/c19-15-5-1-2-6-16(15)22-18(24)13-8-12(9-20-10-13)17(23)21-11-14-4-3-7-25-14/h1-10H,11H2,(H,21,23)(H,22,24). The summed E-state index contributed by atoms with van der Waals surface area (Å²) in [7, 11) is 0. The van der Waals surface area contributed by atoms with Crippen molar-refractivity contribution in [2.75, 3.05) is 5.32 Å². The Hall–Kier alpha value is -3.48. The van der Waals surface area contributed by atoms with Crippen molar-refractivity contribution in [2.45, 2.75) is 6.54 Å². The van der Waals surface area contributed by atoms with Crippen molar-refractivity contribution in [3.63, 3.8) is 0 Å². The maximum atomic E-state index is 13.6. The van der Waals surface area contributed by atoms with E-state index in [4.69, 9.17) is 4.42 Å². The lowest BCUT2D eigenvalue weighted by Crippen LogP contribution is -2.23. The summed E-state index contributed by atoms with van der Waals surface area (Å²) >= 11 is 0. The van der Waals surface area contributed by atoms with Crippen molar-refractivity contribution in [1.82, 2.24) is 10.3 Å². The minimum absolute atomic E-state index is 0.0557. The van der Waals surface area contributed by atoms with E-state index in [0.717, 1.165) is 0 Å². The summed E-state index contributed by atoms with van der Waals surface area (Å²) in [5.41, 5.74) is 0.418. The third-order valence-electron chi connectivity index (χ3n) is 3.39. The summed E-state index contributed by atoms with van der Waals surface area (Å²) < 4.78 is 18.7. The van der Waals surface area contributed by atoms with E-state index in [2.05, 4.69) is 15.6 Å². The molecule has 0 spiro atoms. The molecule has 25 heavy (non-hydrogen) atoms. The highest BCUT2D eigenvalue weighted by Gasteiger charge is 2.13. The van der Waals surface area contributed by atoms with Gasteiger partial charge in [-0.15, -0.1) is 0 Å². The summed E-state index contributed by atoms with van der Waals surface area (Å²) in [6, 6.07) is 10.7. The van der Waals surface area contributed by atoms with Crippen molar-refractivity contribution in [1.29, 1.82) is 0 Å². The van der Waals surface area contributed by atoms with Crippen LogP contribution < -0.4 is 10.6 Å². The summed E-state index contributed by atoms with van der Waals surface area (Å²) in [4.78, 5) is 28.3. The first-order valence-corrected chi connectivity index (χ1v) is 7.45. The molecule has 0 saturated heterocycles. The molecule has 2 heterocycles. The average molecular weight is 339 g/mol. The number of pyridine rings is 1. The SMILES string of the molecule is O=C(NCc1ccco1)c1cncc(C(=O)Nc2ccccc2F)c1. The molecule has 0 saturated carbocycles. The Bertz CT molecular complexity index is 894. The zero-order valence-electron chi connectivity index (χ0n) is 13.0. The Morgan fingerprint density at radius 2 is 1.80 bits per heavy atom. The zero-order chi connectivity index (χ0) is 17.6. The van der Waals surface area contributed by atoms with Crippen LogP contribution in [0.2, 0.25) is 0 Å². The predicted octanol–water partition coefficient (Wildman–Crippen LogP) is 3.00. The molecule has 3 aromatic rings. The number of hydrogen-bond donors (Lipinski definition) is 2. The highest BCUT2D eigenvalue weighted by molar-refractivity contribution is 6.05. The number of nitrogens with zero attached hydrogens (tertiary/aromatic N) is 1. The number of nitrogens with one attached hydrogen (secondary N) is 2. The molecule has 7 heteroatoms. The predicted molar refractivity (Wildman–Crippen MR) is 88.5 cm³/mol. The van der Waals surface area contributed by atoms with Crippen LogP contribution in [0.15, 0.2) is 65.5 Å². The zero-order valence-corrected chi connectivity index (χ0v) is 13.0. The number of carbonyl (C=O) groups is 2. The molecule has 0 aliphatic rings. The van der Waals surface area contributed by atoms with Crippen LogP contribution in [-0.2, 0) is 6.54 Å². The largest absolute Gasteiger partial charge is 0.467 e. The summed E-state index contributed by atoms with van der Waals surface area (Å²) in [5.74, 6) is -0.895. The van der Waals surface area contributed by atoms with Gasteiger partial charge in [-0.2, -0.15) is 0 Å². The molecule has 3 rings (SSSR count). The number of furan rings is 1. The molecule has 6 nitrogen and oxygen atoms in total. The fraction of sp³-hybridized carbons (Fsp3) is 0.0556. The molecular formula is C18H14FN3O3. The van der Waals surface area contributed by atoms with Crippen LogP contribution in [0.4, 0.5) is 10.1 Å². The van der Waals surface area contributed by atoms with Gasteiger partial charge in [-0.1, -0.05) is 12.1 Å². The highest BCUT2D eigenvalue weighted by atomic mass is 19.1. The lowest BCUT2D eigenvalue weighted by atomic mass is 10.1. The molecule has 0 atom stereocenters. The molecule has 1 aromatic carbocycles. The normalized spacial score (nSPS) is 10.3. The molecule has 0 fully saturated rings. The van der Waals surface area contributed by atoms with Crippen LogP contribution in [0.3, 0.4) is 0 Å². The van der Waals surface area contributed by atoms with Gasteiger partial charge >= 0.3 is 0 Å². The third-order valence-corrected chi connectivity index (χ3v) is 3.39. The van der Waals surface area contributed by atoms with Crippen LogP contribution in [-0.4, -0.2) is 16.8 Å². The number of para-hydroxylation sites is 1. The van der Waals surface area contributed by atoms with Crippen molar-refractivity contribution in [2.24, 2.45) is 0 Å². The molecular weight excluding hydrogens is 325 g/mol. The fourth-order valence-corrected chi connectivity index (χ4v) is 2.13. The van der Waals surface area contributed by atoms with Crippen LogP contribution in [0, 0.1) is 5.82 Å². The van der Waals surface area contributed by atoms with Gasteiger partial charge in [-0.3, -0.25) is 14.6 Å². The maximum Gasteiger partial charge on any atom is 0.257 e. The number of aromatic nitrogens is 1. The second kappa shape index (κ2) is 7.39. The van der Waals surface area contributed by atoms with E-state index < -0.39 is 17.6 Å². The molecule has 0 radical (unpaired) electrons. The first kappa shape index (κ1) is 16.4. The molecule has 0 unspecified atom stereocenters. The summed E-state index contributed by atoms with van der Waals surface area (Å²) in [5, 5.41) is 5.11. The first-order valence-electron chi connectivity index (χ1n) is 7.45. The Balaban J connectivity index is 1.69. The molecule has 2 aromatic heterocycles. The van der Waals surface area contributed by atoms with E-state index in [1.165, 1.54) is 42.9 Å². The smallest absolute Gasteiger partial charge is 0.257 e. The maximum absolute atomic E-state index is 13.6. The lowest BCUT2D eigenvalue weighted by molar-refractivity contribution is 0.0947. The van der Waals surface area contributed by atoms with Gasteiger partial charge in [-0.05, 0) is 30.3 Å². The van der Waals surface area contributed by atoms with Crippen molar-refractivity contribution in [3.8, 4) is 0 Å². The van der Waals surface area contributed by atoms with E-state index in [0.29, 0.717) is 5.76 Å². The minimum atomic E-state index is -0.557. The van der Waals surface area contributed by atoms with Crippen molar-refractivity contribution in [3.05, 3.63) is 83.8 Å². The average Bonchev–Trinajstić information content (AvgIpc) is 3.15. The van der Waals surface area contributed by atoms with E-state index in [1.807, 2.05) is 0 Å². The van der Waals surface area contributed by atoms with Crippen LogP contribution in [0.1, 0.15) is 26.5 Å². The number of benzene rings is 1. The second-order valence-electron chi connectivity index (χ2n) is 5.16. The Labute approximate surface area is 142 Å². The first-order chi connectivity index (χ1) is 12.1. The second-order valence-corrected chi connectivity index (χ2v) is 5.16. The van der Waals surface area contributed by atoms with E-state index in [-0.39, 0.29) is 23.4 Å². The Morgan fingerprint density at radius 3 is 2.52 bits per heavy atom. The van der Waals surface area contributed by atoms with Crippen LogP contribution in [0.25, 0.3) is 0 Å². The van der Waals surface area contributed by atoms with E-state index in [9.17, 15) is 14.0 Å². The highest BCUT2D eigenvalue weighted by Crippen LogP contribution is 2.14. The number of hydrogen-bond acceptors (Lipinski definition) is 4. The molecule has 0 aliphatic carbocycles. The molecule has 126 valence electrons. The molecule has 0 bridgehead atoms. The Morgan fingerprint density at radius 1 is 1.04 bits per heavy atom. The molecule has 2 N–H and O–H groups in total. The van der Waals surface area contributed by atoms with Gasteiger partial charge < -0.3 is 15.1 Å². The van der Waals surface area contributed by atoms with Crippen molar-refractivity contribution < 1.29 is 18.4 Å². The summed E-state index contributed by atoms with van der Waals surface area (Å²) in [6.07, 6.45) is 4.16. The fourth-order valence-electron chi connectivity index (χ4n) is 2.13. The van der Waals surface area contributed by atoms with Gasteiger partial charge in [0, 0.05) is 12.4 Å². The number of anilines is 1. The van der Waals surface area contributed by atoms with Gasteiger partial charge in [0.2, 0.25) is 0 Å². The third kappa shape index (κ3) is 4.08. The van der Waals surface area contributed by atoms with Crippen LogP contribution in [0.5, 0.6) is 0 Å². The lowest BCUT2D eigenvalue weighted by Gasteiger charge is -2.07.